The number of nitrogens with zero attached hydrogens (tertiary/aromatic N) is 3. The molecule has 234 valence electrons. The maximum atomic E-state index is 6.75. The summed E-state index contributed by atoms with van der Waals surface area (Å²) in [4.78, 5) is 15.3. The molecule has 0 saturated heterocycles. The van der Waals surface area contributed by atoms with Crippen LogP contribution in [0.5, 0.6) is 0 Å². The van der Waals surface area contributed by atoms with E-state index in [-0.39, 0.29) is 0 Å². The van der Waals surface area contributed by atoms with Gasteiger partial charge in [-0.25, -0.2) is 15.0 Å². The fraction of sp³-hybridized carbons (Fsp3) is 0. The van der Waals surface area contributed by atoms with Gasteiger partial charge in [0, 0.05) is 53.2 Å². The number of hydrogen-bond acceptors (Lipinski definition) is 5. The summed E-state index contributed by atoms with van der Waals surface area (Å²) in [5.74, 6) is 1.84. The van der Waals surface area contributed by atoms with Crippen LogP contribution >= 0.6 is 11.3 Å². The third-order valence-corrected chi connectivity index (χ3v) is 10.5. The Balaban J connectivity index is 1.21. The molecule has 0 aliphatic carbocycles. The summed E-state index contributed by atoms with van der Waals surface area (Å²) in [6.45, 7) is 0. The number of benzene rings is 7. The molecule has 0 N–H and O–H groups in total. The lowest BCUT2D eigenvalue weighted by Gasteiger charge is -2.12. The fourth-order valence-electron chi connectivity index (χ4n) is 7.01. The molecule has 0 spiro atoms. The van der Waals surface area contributed by atoms with Gasteiger partial charge in [0.1, 0.15) is 11.2 Å². The average molecular weight is 658 g/mol. The van der Waals surface area contributed by atoms with Crippen LogP contribution in [0.3, 0.4) is 0 Å². The van der Waals surface area contributed by atoms with Gasteiger partial charge in [-0.1, -0.05) is 133 Å². The first-order valence-electron chi connectivity index (χ1n) is 16.6. The van der Waals surface area contributed by atoms with Gasteiger partial charge in [0.2, 0.25) is 0 Å². The van der Waals surface area contributed by atoms with E-state index < -0.39 is 0 Å². The highest BCUT2D eigenvalue weighted by Crippen LogP contribution is 2.45. The van der Waals surface area contributed by atoms with Crippen molar-refractivity contribution < 1.29 is 4.42 Å². The zero-order valence-electron chi connectivity index (χ0n) is 26.7. The summed E-state index contributed by atoms with van der Waals surface area (Å²) >= 11 is 1.82. The first kappa shape index (κ1) is 28.6. The molecule has 50 heavy (non-hydrogen) atoms. The number of thiophene rings is 1. The van der Waals surface area contributed by atoms with Crippen molar-refractivity contribution >= 4 is 53.4 Å². The SMILES string of the molecule is c1ccc(-c2ccc(-c3nc(-c4ccccc4)nc(-c4ccc(-c5cccc6sc7ccccc7c56)c5oc6ccccc6c45)n3)cc2)cc1. The van der Waals surface area contributed by atoms with Crippen LogP contribution in [0.25, 0.3) is 98.5 Å². The lowest BCUT2D eigenvalue weighted by molar-refractivity contribution is 0.670. The second-order valence-corrected chi connectivity index (χ2v) is 13.4. The highest BCUT2D eigenvalue weighted by molar-refractivity contribution is 7.25. The minimum absolute atomic E-state index is 0.600. The monoisotopic (exact) mass is 657 g/mol. The van der Waals surface area contributed by atoms with Crippen LogP contribution in [-0.2, 0) is 0 Å². The largest absolute Gasteiger partial charge is 0.455 e. The van der Waals surface area contributed by atoms with Crippen molar-refractivity contribution in [2.75, 3.05) is 0 Å². The minimum Gasteiger partial charge on any atom is -0.455 e. The molecule has 0 unspecified atom stereocenters. The molecule has 0 aliphatic rings. The van der Waals surface area contributed by atoms with E-state index in [0.29, 0.717) is 17.5 Å². The van der Waals surface area contributed by atoms with Crippen molar-refractivity contribution in [2.24, 2.45) is 0 Å². The molecule has 3 aromatic heterocycles. The number of para-hydroxylation sites is 1. The summed E-state index contributed by atoms with van der Waals surface area (Å²) in [6.07, 6.45) is 0. The molecule has 4 nitrogen and oxygen atoms in total. The molecular weight excluding hydrogens is 631 g/mol. The Kier molecular flexibility index (Phi) is 6.64. The van der Waals surface area contributed by atoms with Gasteiger partial charge < -0.3 is 4.42 Å². The van der Waals surface area contributed by atoms with Crippen LogP contribution < -0.4 is 0 Å². The summed E-state index contributed by atoms with van der Waals surface area (Å²) in [7, 11) is 0. The van der Waals surface area contributed by atoms with Gasteiger partial charge in [0.05, 0.1) is 0 Å². The first-order chi connectivity index (χ1) is 24.8. The molecule has 0 bridgehead atoms. The second kappa shape index (κ2) is 11.6. The molecule has 3 heterocycles. The standard InChI is InChI=1S/C45H27N3OS/c1-3-12-28(13-4-1)29-22-24-31(25-23-29)44-46-43(30-14-5-2-6-15-30)47-45(48-44)36-27-26-33(42-41(36)34-16-7-9-19-37(34)49-42)32-18-11-21-39-40(32)35-17-8-10-20-38(35)50-39/h1-27H. The van der Waals surface area contributed by atoms with E-state index in [1.807, 2.05) is 59.9 Å². The topological polar surface area (TPSA) is 51.8 Å². The van der Waals surface area contributed by atoms with E-state index in [1.165, 1.54) is 25.7 Å². The van der Waals surface area contributed by atoms with Gasteiger partial charge in [0.15, 0.2) is 17.5 Å². The maximum absolute atomic E-state index is 6.75. The third-order valence-electron chi connectivity index (χ3n) is 9.38. The van der Waals surface area contributed by atoms with E-state index in [1.54, 1.807) is 0 Å². The molecule has 0 amide bonds. The van der Waals surface area contributed by atoms with Crippen LogP contribution in [-0.4, -0.2) is 15.0 Å². The van der Waals surface area contributed by atoms with Crippen molar-refractivity contribution in [3.63, 3.8) is 0 Å². The molecule has 10 aromatic rings. The van der Waals surface area contributed by atoms with Gasteiger partial charge in [-0.05, 0) is 47.0 Å². The first-order valence-corrected chi connectivity index (χ1v) is 17.4. The summed E-state index contributed by atoms with van der Waals surface area (Å²) < 4.78 is 9.28. The predicted octanol–water partition coefficient (Wildman–Crippen LogP) is 12.5. The van der Waals surface area contributed by atoms with E-state index >= 15 is 0 Å². The van der Waals surface area contributed by atoms with E-state index in [4.69, 9.17) is 19.4 Å². The lowest BCUT2D eigenvalue weighted by atomic mass is 9.95. The molecule has 0 aliphatic heterocycles. The Labute approximate surface area is 292 Å². The van der Waals surface area contributed by atoms with E-state index in [9.17, 15) is 0 Å². The molecule has 0 atom stereocenters. The third kappa shape index (κ3) is 4.71. The molecule has 5 heteroatoms. The number of furan rings is 1. The summed E-state index contributed by atoms with van der Waals surface area (Å²) in [6, 6.07) is 56.7. The minimum atomic E-state index is 0.600. The zero-order chi connectivity index (χ0) is 33.0. The van der Waals surface area contributed by atoms with Crippen molar-refractivity contribution in [1.82, 2.24) is 15.0 Å². The van der Waals surface area contributed by atoms with Crippen molar-refractivity contribution in [3.8, 4) is 56.4 Å². The van der Waals surface area contributed by atoms with Gasteiger partial charge in [-0.3, -0.25) is 0 Å². The second-order valence-electron chi connectivity index (χ2n) is 12.4. The number of rotatable bonds is 5. The van der Waals surface area contributed by atoms with Gasteiger partial charge >= 0.3 is 0 Å². The summed E-state index contributed by atoms with van der Waals surface area (Å²) in [5.41, 5.74) is 8.90. The normalized spacial score (nSPS) is 11.6. The molecule has 0 fully saturated rings. The van der Waals surface area contributed by atoms with Gasteiger partial charge in [-0.2, -0.15) is 0 Å². The smallest absolute Gasteiger partial charge is 0.164 e. The van der Waals surface area contributed by atoms with E-state index in [0.717, 1.165) is 55.3 Å². The average Bonchev–Trinajstić information content (AvgIpc) is 3.77. The molecule has 10 rings (SSSR count). The van der Waals surface area contributed by atoms with Crippen LogP contribution in [0.2, 0.25) is 0 Å². The Morgan fingerprint density at radius 2 is 0.920 bits per heavy atom. The van der Waals surface area contributed by atoms with E-state index in [2.05, 4.69) is 115 Å². The predicted molar refractivity (Wildman–Crippen MR) is 207 cm³/mol. The Morgan fingerprint density at radius 3 is 1.70 bits per heavy atom. The van der Waals surface area contributed by atoms with Crippen LogP contribution in [0.15, 0.2) is 168 Å². The zero-order valence-corrected chi connectivity index (χ0v) is 27.6. The lowest BCUT2D eigenvalue weighted by Crippen LogP contribution is -2.00. The van der Waals surface area contributed by atoms with Gasteiger partial charge in [-0.15, -0.1) is 11.3 Å². The number of fused-ring (bicyclic) bond motifs is 6. The van der Waals surface area contributed by atoms with Crippen LogP contribution in [0, 0.1) is 0 Å². The molecule has 0 radical (unpaired) electrons. The molecular formula is C45H27N3OS. The van der Waals surface area contributed by atoms with Gasteiger partial charge in [0.25, 0.3) is 0 Å². The molecule has 0 saturated carbocycles. The fourth-order valence-corrected chi connectivity index (χ4v) is 8.14. The van der Waals surface area contributed by atoms with Crippen molar-refractivity contribution in [1.29, 1.82) is 0 Å². The Bertz CT molecular complexity index is 2860. The Morgan fingerprint density at radius 1 is 0.360 bits per heavy atom. The van der Waals surface area contributed by atoms with Crippen LogP contribution in [0.1, 0.15) is 0 Å². The van der Waals surface area contributed by atoms with Crippen molar-refractivity contribution in [3.05, 3.63) is 164 Å². The number of aromatic nitrogens is 3. The molecule has 7 aromatic carbocycles. The highest BCUT2D eigenvalue weighted by atomic mass is 32.1. The highest BCUT2D eigenvalue weighted by Gasteiger charge is 2.22. The maximum Gasteiger partial charge on any atom is 0.164 e. The van der Waals surface area contributed by atoms with Crippen molar-refractivity contribution in [2.45, 2.75) is 0 Å². The summed E-state index contributed by atoms with van der Waals surface area (Å²) in [5, 5.41) is 4.52. The Hall–Kier alpha value is -6.43. The quantitative estimate of drug-likeness (QED) is 0.185. The van der Waals surface area contributed by atoms with Crippen LogP contribution in [0.4, 0.5) is 0 Å². The number of hydrogen-bond donors (Lipinski definition) is 0.